The van der Waals surface area contributed by atoms with Crippen molar-refractivity contribution in [2.75, 3.05) is 21.9 Å². The molecule has 0 aliphatic carbocycles. The highest BCUT2D eigenvalue weighted by Crippen LogP contribution is 2.26. The lowest BCUT2D eigenvalue weighted by molar-refractivity contribution is 0.101. The van der Waals surface area contributed by atoms with Gasteiger partial charge in [0.15, 0.2) is 17.4 Å². The Morgan fingerprint density at radius 3 is 2.24 bits per heavy atom. The molecular formula is C18H18N6O. The fraction of sp³-hybridized carbons (Fsp3) is 0.0556. The molecule has 1 heterocycles. The third kappa shape index (κ3) is 4.03. The maximum Gasteiger partial charge on any atom is 0.173 e. The second kappa shape index (κ2) is 7.31. The summed E-state index contributed by atoms with van der Waals surface area (Å²) in [7, 11) is 0. The summed E-state index contributed by atoms with van der Waals surface area (Å²) >= 11 is 0. The van der Waals surface area contributed by atoms with Gasteiger partial charge < -0.3 is 11.1 Å². The van der Waals surface area contributed by atoms with Crippen molar-refractivity contribution in [3.8, 4) is 0 Å². The van der Waals surface area contributed by atoms with Crippen molar-refractivity contribution in [2.24, 2.45) is 0 Å². The summed E-state index contributed by atoms with van der Waals surface area (Å²) in [6.45, 7) is 1.53. The topological polar surface area (TPSA) is 105 Å². The lowest BCUT2D eigenvalue weighted by atomic mass is 10.1. The molecule has 126 valence electrons. The van der Waals surface area contributed by atoms with E-state index in [1.54, 1.807) is 24.3 Å². The fourth-order valence-corrected chi connectivity index (χ4v) is 2.17. The highest BCUT2D eigenvalue weighted by molar-refractivity contribution is 5.94. The largest absolute Gasteiger partial charge is 0.393 e. The number of ketones is 1. The quantitative estimate of drug-likeness (QED) is 0.404. The van der Waals surface area contributed by atoms with Gasteiger partial charge >= 0.3 is 0 Å². The molecule has 5 N–H and O–H groups in total. The molecule has 1 aromatic heterocycles. The zero-order valence-electron chi connectivity index (χ0n) is 13.7. The van der Waals surface area contributed by atoms with Crippen LogP contribution in [-0.4, -0.2) is 15.8 Å². The monoisotopic (exact) mass is 334 g/mol. The Labute approximate surface area is 145 Å². The number of nitrogens with zero attached hydrogens (tertiary/aromatic N) is 2. The smallest absolute Gasteiger partial charge is 0.173 e. The van der Waals surface area contributed by atoms with Crippen molar-refractivity contribution < 1.29 is 4.79 Å². The number of nitrogen functional groups attached to an aromatic ring is 1. The first kappa shape index (κ1) is 16.3. The zero-order valence-corrected chi connectivity index (χ0v) is 13.7. The van der Waals surface area contributed by atoms with Crippen molar-refractivity contribution in [1.29, 1.82) is 0 Å². The molecule has 0 amide bonds. The van der Waals surface area contributed by atoms with E-state index in [0.29, 0.717) is 22.9 Å². The van der Waals surface area contributed by atoms with Crippen molar-refractivity contribution in [3.05, 3.63) is 66.5 Å². The number of carbonyl (C=O) groups is 1. The maximum absolute atomic E-state index is 11.3. The molecule has 25 heavy (non-hydrogen) atoms. The van der Waals surface area contributed by atoms with Gasteiger partial charge in [0.05, 0.1) is 5.69 Å². The standard InChI is InChI=1S/C18H18N6O/c1-12(25)13-7-9-14(10-8-13)22-17-16(19)18(21-11-20-17)24-23-15-5-3-2-4-6-15/h2-11,23H,19H2,1H3,(H2,20,21,22,24). The normalized spacial score (nSPS) is 10.1. The number of nitrogens with one attached hydrogen (secondary N) is 3. The van der Waals surface area contributed by atoms with Gasteiger partial charge in [0.1, 0.15) is 12.0 Å². The van der Waals surface area contributed by atoms with Crippen molar-refractivity contribution in [2.45, 2.75) is 6.92 Å². The summed E-state index contributed by atoms with van der Waals surface area (Å²) in [5, 5.41) is 3.12. The minimum Gasteiger partial charge on any atom is -0.393 e. The summed E-state index contributed by atoms with van der Waals surface area (Å²) in [4.78, 5) is 19.6. The summed E-state index contributed by atoms with van der Waals surface area (Å²) in [5.41, 5.74) is 14.8. The van der Waals surface area contributed by atoms with Gasteiger partial charge in [-0.1, -0.05) is 18.2 Å². The van der Waals surface area contributed by atoms with Gasteiger partial charge in [-0.3, -0.25) is 15.6 Å². The van der Waals surface area contributed by atoms with Gasteiger partial charge in [0.2, 0.25) is 0 Å². The van der Waals surface area contributed by atoms with Crippen LogP contribution in [0.1, 0.15) is 17.3 Å². The zero-order chi connectivity index (χ0) is 17.6. The summed E-state index contributed by atoms with van der Waals surface area (Å²) in [5.74, 6) is 0.955. The molecule has 7 heteroatoms. The number of benzene rings is 2. The van der Waals surface area contributed by atoms with E-state index in [1.807, 2.05) is 30.3 Å². The van der Waals surface area contributed by atoms with E-state index in [1.165, 1.54) is 13.3 Å². The van der Waals surface area contributed by atoms with Gasteiger partial charge in [0, 0.05) is 11.3 Å². The van der Waals surface area contributed by atoms with Crippen molar-refractivity contribution in [3.63, 3.8) is 0 Å². The first-order valence-electron chi connectivity index (χ1n) is 7.69. The predicted molar refractivity (Wildman–Crippen MR) is 99.9 cm³/mol. The number of para-hydroxylation sites is 1. The number of carbonyl (C=O) groups excluding carboxylic acids is 1. The van der Waals surface area contributed by atoms with E-state index < -0.39 is 0 Å². The van der Waals surface area contributed by atoms with Crippen LogP contribution in [0.25, 0.3) is 0 Å². The number of hydrogen-bond donors (Lipinski definition) is 4. The second-order valence-corrected chi connectivity index (χ2v) is 5.36. The van der Waals surface area contributed by atoms with Crippen LogP contribution in [0.15, 0.2) is 60.9 Å². The molecular weight excluding hydrogens is 316 g/mol. The molecule has 0 saturated carbocycles. The first-order chi connectivity index (χ1) is 12.1. The number of anilines is 5. The SMILES string of the molecule is CC(=O)c1ccc(Nc2ncnc(NNc3ccccc3)c2N)cc1. The van der Waals surface area contributed by atoms with Crippen LogP contribution < -0.4 is 21.9 Å². The average molecular weight is 334 g/mol. The van der Waals surface area contributed by atoms with Gasteiger partial charge in [-0.25, -0.2) is 9.97 Å². The predicted octanol–water partition coefficient (Wildman–Crippen LogP) is 3.44. The molecule has 3 rings (SSSR count). The minimum atomic E-state index is 0.0200. The van der Waals surface area contributed by atoms with Crippen molar-refractivity contribution >= 4 is 34.5 Å². The third-order valence-corrected chi connectivity index (χ3v) is 3.54. The molecule has 0 saturated heterocycles. The molecule has 0 radical (unpaired) electrons. The lowest BCUT2D eigenvalue weighted by Crippen LogP contribution is -2.13. The van der Waals surface area contributed by atoms with E-state index in [0.717, 1.165) is 11.4 Å². The van der Waals surface area contributed by atoms with Crippen LogP contribution in [0.5, 0.6) is 0 Å². The van der Waals surface area contributed by atoms with E-state index in [9.17, 15) is 4.79 Å². The van der Waals surface area contributed by atoms with Crippen LogP contribution in [0.4, 0.5) is 28.7 Å². The fourth-order valence-electron chi connectivity index (χ4n) is 2.17. The van der Waals surface area contributed by atoms with E-state index in [-0.39, 0.29) is 5.78 Å². The Morgan fingerprint density at radius 1 is 0.880 bits per heavy atom. The highest BCUT2D eigenvalue weighted by atomic mass is 16.1. The average Bonchev–Trinajstić information content (AvgIpc) is 2.64. The van der Waals surface area contributed by atoms with Gasteiger partial charge in [0.25, 0.3) is 0 Å². The highest BCUT2D eigenvalue weighted by Gasteiger charge is 2.08. The molecule has 0 aliphatic rings. The summed E-state index contributed by atoms with van der Waals surface area (Å²) in [6.07, 6.45) is 1.41. The molecule has 2 aromatic carbocycles. The third-order valence-electron chi connectivity index (χ3n) is 3.54. The van der Waals surface area contributed by atoms with Crippen LogP contribution in [-0.2, 0) is 0 Å². The number of hydrazine groups is 1. The van der Waals surface area contributed by atoms with E-state index in [4.69, 9.17) is 5.73 Å². The number of rotatable bonds is 6. The van der Waals surface area contributed by atoms with Gasteiger partial charge in [-0.2, -0.15) is 0 Å². The number of nitrogens with two attached hydrogens (primary N) is 1. The Balaban J connectivity index is 1.73. The molecule has 7 nitrogen and oxygen atoms in total. The van der Waals surface area contributed by atoms with Crippen LogP contribution in [0.2, 0.25) is 0 Å². The Bertz CT molecular complexity index is 864. The second-order valence-electron chi connectivity index (χ2n) is 5.36. The maximum atomic E-state index is 11.3. The Hall–Kier alpha value is -3.61. The molecule has 0 spiro atoms. The van der Waals surface area contributed by atoms with E-state index in [2.05, 4.69) is 26.1 Å². The van der Waals surface area contributed by atoms with Crippen LogP contribution in [0, 0.1) is 0 Å². The molecule has 0 unspecified atom stereocenters. The minimum absolute atomic E-state index is 0.0200. The molecule has 0 bridgehead atoms. The molecule has 3 aromatic rings. The Morgan fingerprint density at radius 2 is 1.56 bits per heavy atom. The lowest BCUT2D eigenvalue weighted by Gasteiger charge is -2.14. The number of hydrogen-bond acceptors (Lipinski definition) is 7. The number of aromatic nitrogens is 2. The van der Waals surface area contributed by atoms with Gasteiger partial charge in [-0.05, 0) is 43.3 Å². The summed E-state index contributed by atoms with van der Waals surface area (Å²) in [6, 6.07) is 16.7. The van der Waals surface area contributed by atoms with E-state index >= 15 is 0 Å². The first-order valence-corrected chi connectivity index (χ1v) is 7.69. The number of Topliss-reactive ketones (excluding diaryl/α,β-unsaturated/α-hetero) is 1. The summed E-state index contributed by atoms with van der Waals surface area (Å²) < 4.78 is 0. The van der Waals surface area contributed by atoms with Gasteiger partial charge in [-0.15, -0.1) is 0 Å². The van der Waals surface area contributed by atoms with Crippen LogP contribution >= 0.6 is 0 Å². The van der Waals surface area contributed by atoms with Crippen LogP contribution in [0.3, 0.4) is 0 Å². The molecule has 0 aliphatic heterocycles. The Kier molecular flexibility index (Phi) is 4.75. The molecule has 0 atom stereocenters. The molecule has 0 fully saturated rings. The van der Waals surface area contributed by atoms with Crippen molar-refractivity contribution in [1.82, 2.24) is 9.97 Å².